The van der Waals surface area contributed by atoms with Gasteiger partial charge >= 0.3 is 0 Å². The van der Waals surface area contributed by atoms with E-state index < -0.39 is 29.6 Å². The van der Waals surface area contributed by atoms with E-state index in [1.54, 1.807) is 30.3 Å². The van der Waals surface area contributed by atoms with Crippen molar-refractivity contribution in [3.63, 3.8) is 0 Å². The second kappa shape index (κ2) is 7.67. The van der Waals surface area contributed by atoms with Crippen LogP contribution in [-0.4, -0.2) is 28.7 Å². The molecule has 6 heteroatoms. The Morgan fingerprint density at radius 2 is 1.38 bits per heavy atom. The van der Waals surface area contributed by atoms with Crippen LogP contribution in [0.2, 0.25) is 0 Å². The molecule has 1 unspecified atom stereocenters. The summed E-state index contributed by atoms with van der Waals surface area (Å²) in [6.07, 6.45) is 0.118. The van der Waals surface area contributed by atoms with E-state index in [4.69, 9.17) is 0 Å². The van der Waals surface area contributed by atoms with Gasteiger partial charge in [0.2, 0.25) is 5.91 Å². The number of hydrogen-bond acceptors (Lipinski definition) is 3. The molecule has 0 saturated carbocycles. The molecular weight excluding hydrogens is 371 g/mol. The molecular formula is C23H17FN2O3. The molecule has 0 aliphatic carbocycles. The summed E-state index contributed by atoms with van der Waals surface area (Å²) in [5.41, 5.74) is 1.29. The Hall–Kier alpha value is -3.80. The van der Waals surface area contributed by atoms with E-state index in [0.29, 0.717) is 0 Å². The normalized spacial score (nSPS) is 13.9. The molecule has 5 nitrogen and oxygen atoms in total. The predicted octanol–water partition coefficient (Wildman–Crippen LogP) is 3.67. The highest BCUT2D eigenvalue weighted by molar-refractivity contribution is 6.23. The number of nitrogens with zero attached hydrogens (tertiary/aromatic N) is 1. The molecule has 1 aliphatic rings. The van der Waals surface area contributed by atoms with Crippen LogP contribution < -0.4 is 5.32 Å². The monoisotopic (exact) mass is 388 g/mol. The van der Waals surface area contributed by atoms with Crippen molar-refractivity contribution in [1.82, 2.24) is 4.90 Å². The van der Waals surface area contributed by atoms with Crippen LogP contribution in [0.1, 0.15) is 26.3 Å². The molecule has 144 valence electrons. The van der Waals surface area contributed by atoms with Gasteiger partial charge in [-0.25, -0.2) is 4.39 Å². The molecule has 0 saturated heterocycles. The number of anilines is 1. The van der Waals surface area contributed by atoms with Crippen molar-refractivity contribution in [2.24, 2.45) is 0 Å². The number of imide groups is 1. The van der Waals surface area contributed by atoms with Gasteiger partial charge in [-0.3, -0.25) is 19.3 Å². The van der Waals surface area contributed by atoms with E-state index in [9.17, 15) is 18.8 Å². The zero-order chi connectivity index (χ0) is 20.4. The first-order valence-corrected chi connectivity index (χ1v) is 9.12. The van der Waals surface area contributed by atoms with E-state index in [0.717, 1.165) is 10.5 Å². The summed E-state index contributed by atoms with van der Waals surface area (Å²) in [5.74, 6) is -2.29. The fourth-order valence-corrected chi connectivity index (χ4v) is 3.41. The molecule has 1 aliphatic heterocycles. The Kier molecular flexibility index (Phi) is 4.91. The van der Waals surface area contributed by atoms with Crippen molar-refractivity contribution in [3.05, 3.63) is 101 Å². The standard InChI is InChI=1S/C23H17FN2O3/c24-18-12-6-7-13-19(18)25-21(27)20(14-15-8-2-1-3-9-15)26-22(28)16-10-4-5-11-17(16)23(26)29/h1-13,20H,14H2,(H,25,27). The maximum atomic E-state index is 14.0. The molecule has 4 rings (SSSR count). The first kappa shape index (κ1) is 18.6. The first-order chi connectivity index (χ1) is 14.1. The Morgan fingerprint density at radius 3 is 2.00 bits per heavy atom. The molecule has 0 radical (unpaired) electrons. The van der Waals surface area contributed by atoms with Gasteiger partial charge in [0.15, 0.2) is 0 Å². The number of amides is 3. The van der Waals surface area contributed by atoms with Crippen molar-refractivity contribution < 1.29 is 18.8 Å². The minimum Gasteiger partial charge on any atom is -0.322 e. The van der Waals surface area contributed by atoms with Crippen LogP contribution in [-0.2, 0) is 11.2 Å². The second-order valence-corrected chi connectivity index (χ2v) is 6.70. The van der Waals surface area contributed by atoms with Gasteiger partial charge in [-0.1, -0.05) is 54.6 Å². The van der Waals surface area contributed by atoms with Gasteiger partial charge in [0.1, 0.15) is 11.9 Å². The Morgan fingerprint density at radius 1 is 0.828 bits per heavy atom. The van der Waals surface area contributed by atoms with Crippen LogP contribution in [0.3, 0.4) is 0 Å². The van der Waals surface area contributed by atoms with Crippen LogP contribution in [0.15, 0.2) is 78.9 Å². The average molecular weight is 388 g/mol. The van der Waals surface area contributed by atoms with Crippen LogP contribution in [0.4, 0.5) is 10.1 Å². The van der Waals surface area contributed by atoms with Crippen molar-refractivity contribution in [2.45, 2.75) is 12.5 Å². The van der Waals surface area contributed by atoms with Crippen molar-refractivity contribution >= 4 is 23.4 Å². The molecule has 3 aromatic rings. The van der Waals surface area contributed by atoms with Crippen LogP contribution in [0.25, 0.3) is 0 Å². The third-order valence-electron chi connectivity index (χ3n) is 4.84. The lowest BCUT2D eigenvalue weighted by Gasteiger charge is -2.25. The summed E-state index contributed by atoms with van der Waals surface area (Å²) in [4.78, 5) is 39.9. The summed E-state index contributed by atoms with van der Waals surface area (Å²) < 4.78 is 14.0. The third kappa shape index (κ3) is 3.52. The highest BCUT2D eigenvalue weighted by atomic mass is 19.1. The molecule has 3 amide bonds. The third-order valence-corrected chi connectivity index (χ3v) is 4.84. The molecule has 0 aromatic heterocycles. The zero-order valence-corrected chi connectivity index (χ0v) is 15.3. The Labute approximate surface area is 166 Å². The van der Waals surface area contributed by atoms with Crippen LogP contribution in [0.5, 0.6) is 0 Å². The molecule has 1 N–H and O–H groups in total. The Bertz CT molecular complexity index is 1060. The number of hydrogen-bond donors (Lipinski definition) is 1. The van der Waals surface area contributed by atoms with Gasteiger partial charge in [-0.2, -0.15) is 0 Å². The second-order valence-electron chi connectivity index (χ2n) is 6.70. The molecule has 3 aromatic carbocycles. The summed E-state index contributed by atoms with van der Waals surface area (Å²) in [5, 5.41) is 2.52. The quantitative estimate of drug-likeness (QED) is 0.678. The van der Waals surface area contributed by atoms with Gasteiger partial charge in [-0.15, -0.1) is 0 Å². The van der Waals surface area contributed by atoms with Crippen molar-refractivity contribution in [3.8, 4) is 0 Å². The Balaban J connectivity index is 1.69. The van der Waals surface area contributed by atoms with E-state index in [1.165, 1.54) is 18.2 Å². The minimum absolute atomic E-state index is 0.00725. The van der Waals surface area contributed by atoms with Crippen molar-refractivity contribution in [1.29, 1.82) is 0 Å². The summed E-state index contributed by atoms with van der Waals surface area (Å²) in [7, 11) is 0. The van der Waals surface area contributed by atoms with Crippen LogP contribution in [0, 0.1) is 5.82 Å². The summed E-state index contributed by atoms with van der Waals surface area (Å²) >= 11 is 0. The van der Waals surface area contributed by atoms with Gasteiger partial charge in [-0.05, 0) is 29.8 Å². The lowest BCUT2D eigenvalue weighted by molar-refractivity contribution is -0.120. The zero-order valence-electron chi connectivity index (χ0n) is 15.3. The molecule has 0 spiro atoms. The summed E-state index contributed by atoms with van der Waals surface area (Å²) in [6.45, 7) is 0. The lowest BCUT2D eigenvalue weighted by atomic mass is 10.0. The highest BCUT2D eigenvalue weighted by Gasteiger charge is 2.42. The number of fused-ring (bicyclic) bond motifs is 1. The lowest BCUT2D eigenvalue weighted by Crippen LogP contribution is -2.48. The molecule has 1 heterocycles. The first-order valence-electron chi connectivity index (χ1n) is 9.12. The van der Waals surface area contributed by atoms with E-state index in [1.807, 2.05) is 30.3 Å². The molecule has 0 fully saturated rings. The van der Waals surface area contributed by atoms with Gasteiger partial charge in [0, 0.05) is 6.42 Å². The SMILES string of the molecule is O=C(Nc1ccccc1F)C(Cc1ccccc1)N1C(=O)c2ccccc2C1=O. The molecule has 1 atom stereocenters. The number of carbonyl (C=O) groups excluding carboxylic acids is 3. The van der Waals surface area contributed by atoms with Crippen LogP contribution >= 0.6 is 0 Å². The number of para-hydroxylation sites is 1. The van der Waals surface area contributed by atoms with E-state index in [-0.39, 0.29) is 23.2 Å². The van der Waals surface area contributed by atoms with E-state index >= 15 is 0 Å². The number of carbonyl (C=O) groups is 3. The molecule has 29 heavy (non-hydrogen) atoms. The fourth-order valence-electron chi connectivity index (χ4n) is 3.41. The minimum atomic E-state index is -1.12. The van der Waals surface area contributed by atoms with Gasteiger partial charge in [0.05, 0.1) is 16.8 Å². The largest absolute Gasteiger partial charge is 0.322 e. The smallest absolute Gasteiger partial charge is 0.262 e. The average Bonchev–Trinajstić information content (AvgIpc) is 2.99. The van der Waals surface area contributed by atoms with Crippen molar-refractivity contribution in [2.75, 3.05) is 5.32 Å². The maximum absolute atomic E-state index is 14.0. The molecule has 0 bridgehead atoms. The topological polar surface area (TPSA) is 66.5 Å². The number of halogens is 1. The number of rotatable bonds is 5. The van der Waals surface area contributed by atoms with E-state index in [2.05, 4.69) is 5.32 Å². The van der Waals surface area contributed by atoms with Gasteiger partial charge < -0.3 is 5.32 Å². The number of benzene rings is 3. The fraction of sp³-hybridized carbons (Fsp3) is 0.0870. The summed E-state index contributed by atoms with van der Waals surface area (Å²) in [6, 6.07) is 20.1. The number of nitrogens with one attached hydrogen (secondary N) is 1. The van der Waals surface area contributed by atoms with Gasteiger partial charge in [0.25, 0.3) is 11.8 Å². The predicted molar refractivity (Wildman–Crippen MR) is 106 cm³/mol. The highest BCUT2D eigenvalue weighted by Crippen LogP contribution is 2.27. The maximum Gasteiger partial charge on any atom is 0.262 e.